The molecule has 0 aliphatic carbocycles. The van der Waals surface area contributed by atoms with Crippen LogP contribution in [0.3, 0.4) is 0 Å². The summed E-state index contributed by atoms with van der Waals surface area (Å²) in [7, 11) is 1.61. The molecule has 92 valence electrons. The van der Waals surface area contributed by atoms with Crippen molar-refractivity contribution < 1.29 is 14.0 Å². The first-order valence-electron chi connectivity index (χ1n) is 5.36. The van der Waals surface area contributed by atoms with Gasteiger partial charge in [0.1, 0.15) is 6.10 Å². The molecule has 0 aliphatic rings. The van der Waals surface area contributed by atoms with Crippen LogP contribution in [0.2, 0.25) is 0 Å². The standard InChI is InChI=1S/C10H19N3O3/c1-4-15-7(2)10-12-9(16-13-10)5-8(11)6-14-3/h7-8H,4-6,11H2,1-3H3. The van der Waals surface area contributed by atoms with Crippen LogP contribution >= 0.6 is 0 Å². The van der Waals surface area contributed by atoms with E-state index < -0.39 is 0 Å². The van der Waals surface area contributed by atoms with Gasteiger partial charge in [-0.2, -0.15) is 4.98 Å². The minimum absolute atomic E-state index is 0.124. The summed E-state index contributed by atoms with van der Waals surface area (Å²) in [5.74, 6) is 1.08. The molecule has 0 bridgehead atoms. The zero-order valence-electron chi connectivity index (χ0n) is 9.97. The number of nitrogens with zero attached hydrogens (tertiary/aromatic N) is 2. The molecule has 0 fully saturated rings. The number of aromatic nitrogens is 2. The van der Waals surface area contributed by atoms with Gasteiger partial charge in [-0.1, -0.05) is 5.16 Å². The van der Waals surface area contributed by atoms with Crippen molar-refractivity contribution in [3.8, 4) is 0 Å². The third kappa shape index (κ3) is 3.88. The molecular formula is C10H19N3O3. The van der Waals surface area contributed by atoms with E-state index >= 15 is 0 Å². The van der Waals surface area contributed by atoms with Gasteiger partial charge in [0.25, 0.3) is 0 Å². The Morgan fingerprint density at radius 3 is 2.88 bits per heavy atom. The van der Waals surface area contributed by atoms with Gasteiger partial charge in [-0.3, -0.25) is 0 Å². The molecule has 16 heavy (non-hydrogen) atoms. The van der Waals surface area contributed by atoms with Gasteiger partial charge < -0.3 is 19.7 Å². The van der Waals surface area contributed by atoms with Crippen LogP contribution in [-0.4, -0.2) is 36.5 Å². The highest BCUT2D eigenvalue weighted by Crippen LogP contribution is 2.13. The maximum absolute atomic E-state index is 5.78. The first-order valence-corrected chi connectivity index (χ1v) is 5.36. The van der Waals surface area contributed by atoms with Gasteiger partial charge >= 0.3 is 0 Å². The molecule has 1 rings (SSSR count). The van der Waals surface area contributed by atoms with Crippen LogP contribution in [0.25, 0.3) is 0 Å². The third-order valence-electron chi connectivity index (χ3n) is 2.08. The Bertz CT molecular complexity index is 303. The van der Waals surface area contributed by atoms with Gasteiger partial charge in [-0.05, 0) is 13.8 Å². The molecule has 0 aromatic carbocycles. The lowest BCUT2D eigenvalue weighted by atomic mass is 10.2. The molecule has 0 radical (unpaired) electrons. The van der Waals surface area contributed by atoms with Crippen molar-refractivity contribution in [3.63, 3.8) is 0 Å². The van der Waals surface area contributed by atoms with E-state index in [2.05, 4.69) is 10.1 Å². The van der Waals surface area contributed by atoms with Crippen molar-refractivity contribution in [1.82, 2.24) is 10.1 Å². The van der Waals surface area contributed by atoms with Crippen LogP contribution < -0.4 is 5.73 Å². The number of ether oxygens (including phenoxy) is 2. The Labute approximate surface area is 95.1 Å². The number of hydrogen-bond donors (Lipinski definition) is 1. The van der Waals surface area contributed by atoms with Crippen LogP contribution in [0.1, 0.15) is 31.7 Å². The lowest BCUT2D eigenvalue weighted by Crippen LogP contribution is -2.28. The normalized spacial score (nSPS) is 15.0. The summed E-state index contributed by atoms with van der Waals surface area (Å²) in [4.78, 5) is 4.21. The molecule has 0 aliphatic heterocycles. The number of methoxy groups -OCH3 is 1. The SMILES string of the molecule is CCOC(C)c1noc(CC(N)COC)n1. The van der Waals surface area contributed by atoms with E-state index in [0.717, 1.165) is 0 Å². The van der Waals surface area contributed by atoms with Gasteiger partial charge in [-0.25, -0.2) is 0 Å². The number of hydrogen-bond acceptors (Lipinski definition) is 6. The molecule has 2 atom stereocenters. The lowest BCUT2D eigenvalue weighted by molar-refractivity contribution is 0.0683. The maximum Gasteiger partial charge on any atom is 0.228 e. The summed E-state index contributed by atoms with van der Waals surface area (Å²) >= 11 is 0. The van der Waals surface area contributed by atoms with Gasteiger partial charge in [-0.15, -0.1) is 0 Å². The van der Waals surface area contributed by atoms with Crippen LogP contribution in [0.5, 0.6) is 0 Å². The fourth-order valence-electron chi connectivity index (χ4n) is 1.34. The number of nitrogens with two attached hydrogens (primary N) is 1. The van der Waals surface area contributed by atoms with E-state index in [1.54, 1.807) is 7.11 Å². The second-order valence-electron chi connectivity index (χ2n) is 3.56. The molecular weight excluding hydrogens is 210 g/mol. The largest absolute Gasteiger partial charge is 0.383 e. The molecule has 6 nitrogen and oxygen atoms in total. The van der Waals surface area contributed by atoms with Crippen LogP contribution in [0, 0.1) is 0 Å². The predicted molar refractivity (Wildman–Crippen MR) is 57.9 cm³/mol. The molecule has 0 amide bonds. The second-order valence-corrected chi connectivity index (χ2v) is 3.56. The van der Waals surface area contributed by atoms with Crippen LogP contribution in [0.15, 0.2) is 4.52 Å². The second kappa shape index (κ2) is 6.57. The van der Waals surface area contributed by atoms with Gasteiger partial charge in [0.2, 0.25) is 5.89 Å². The van der Waals surface area contributed by atoms with Gasteiger partial charge in [0.15, 0.2) is 5.82 Å². The summed E-state index contributed by atoms with van der Waals surface area (Å²) in [5.41, 5.74) is 5.78. The Morgan fingerprint density at radius 1 is 1.50 bits per heavy atom. The Balaban J connectivity index is 2.50. The Kier molecular flexibility index (Phi) is 5.37. The lowest BCUT2D eigenvalue weighted by Gasteiger charge is -2.06. The van der Waals surface area contributed by atoms with E-state index in [4.69, 9.17) is 19.7 Å². The Morgan fingerprint density at radius 2 is 2.25 bits per heavy atom. The average Bonchev–Trinajstić information content (AvgIpc) is 2.67. The third-order valence-corrected chi connectivity index (χ3v) is 2.08. The zero-order chi connectivity index (χ0) is 12.0. The summed E-state index contributed by atoms with van der Waals surface area (Å²) in [6.45, 7) is 4.90. The monoisotopic (exact) mass is 229 g/mol. The molecule has 1 aromatic rings. The minimum Gasteiger partial charge on any atom is -0.383 e. The topological polar surface area (TPSA) is 83.4 Å². The molecule has 2 unspecified atom stereocenters. The first-order chi connectivity index (χ1) is 7.67. The summed E-state index contributed by atoms with van der Waals surface area (Å²) < 4.78 is 15.4. The van der Waals surface area contributed by atoms with Crippen molar-refractivity contribution in [2.45, 2.75) is 32.4 Å². The van der Waals surface area contributed by atoms with Gasteiger partial charge in [0, 0.05) is 26.2 Å². The van der Waals surface area contributed by atoms with Crippen molar-refractivity contribution in [1.29, 1.82) is 0 Å². The maximum atomic E-state index is 5.78. The first kappa shape index (κ1) is 13.1. The van der Waals surface area contributed by atoms with Crippen LogP contribution in [-0.2, 0) is 15.9 Å². The Hall–Kier alpha value is -0.980. The average molecular weight is 229 g/mol. The fourth-order valence-corrected chi connectivity index (χ4v) is 1.34. The van der Waals surface area contributed by atoms with Crippen LogP contribution in [0.4, 0.5) is 0 Å². The summed E-state index contributed by atoms with van der Waals surface area (Å²) in [5, 5.41) is 3.84. The minimum atomic E-state index is -0.152. The van der Waals surface area contributed by atoms with E-state index in [9.17, 15) is 0 Å². The summed E-state index contributed by atoms with van der Waals surface area (Å²) in [6, 6.07) is -0.124. The summed E-state index contributed by atoms with van der Waals surface area (Å²) in [6.07, 6.45) is 0.362. The van der Waals surface area contributed by atoms with Crippen molar-refractivity contribution in [3.05, 3.63) is 11.7 Å². The fraction of sp³-hybridized carbons (Fsp3) is 0.800. The zero-order valence-corrected chi connectivity index (χ0v) is 9.97. The number of rotatable bonds is 7. The molecule has 0 saturated carbocycles. The highest BCUT2D eigenvalue weighted by atomic mass is 16.5. The van der Waals surface area contributed by atoms with E-state index in [1.807, 2.05) is 13.8 Å². The van der Waals surface area contributed by atoms with Gasteiger partial charge in [0.05, 0.1) is 6.61 Å². The molecule has 1 aromatic heterocycles. The van der Waals surface area contributed by atoms with E-state index in [0.29, 0.717) is 31.3 Å². The predicted octanol–water partition coefficient (Wildman–Crippen LogP) is 0.683. The quantitative estimate of drug-likeness (QED) is 0.740. The van der Waals surface area contributed by atoms with E-state index in [-0.39, 0.29) is 12.1 Å². The highest BCUT2D eigenvalue weighted by Gasteiger charge is 2.15. The van der Waals surface area contributed by atoms with Crippen molar-refractivity contribution in [2.75, 3.05) is 20.3 Å². The van der Waals surface area contributed by atoms with Crippen molar-refractivity contribution in [2.24, 2.45) is 5.73 Å². The molecule has 0 saturated heterocycles. The molecule has 0 spiro atoms. The smallest absolute Gasteiger partial charge is 0.228 e. The molecule has 1 heterocycles. The van der Waals surface area contributed by atoms with E-state index in [1.165, 1.54) is 0 Å². The van der Waals surface area contributed by atoms with Crippen molar-refractivity contribution >= 4 is 0 Å². The molecule has 6 heteroatoms. The highest BCUT2D eigenvalue weighted by molar-refractivity contribution is 4.91. The molecule has 2 N–H and O–H groups in total.